The van der Waals surface area contributed by atoms with Gasteiger partial charge in [0.05, 0.1) is 11.8 Å². The van der Waals surface area contributed by atoms with Crippen molar-refractivity contribution in [3.05, 3.63) is 17.8 Å². The minimum absolute atomic E-state index is 0.0135. The predicted molar refractivity (Wildman–Crippen MR) is 81.1 cm³/mol. The van der Waals surface area contributed by atoms with Crippen molar-refractivity contribution in [3.8, 4) is 0 Å². The highest BCUT2D eigenvalue weighted by molar-refractivity contribution is 5.98. The molecule has 116 valence electrons. The van der Waals surface area contributed by atoms with Gasteiger partial charge in [0.2, 0.25) is 0 Å². The fraction of sp³-hybridized carbons (Fsp3) is 0.667. The van der Waals surface area contributed by atoms with Crippen LogP contribution >= 0.6 is 0 Å². The molecule has 2 rings (SSSR count). The van der Waals surface area contributed by atoms with Gasteiger partial charge in [-0.3, -0.25) is 4.79 Å². The molecule has 0 aromatic carbocycles. The summed E-state index contributed by atoms with van der Waals surface area (Å²) in [6.07, 6.45) is 4.35. The highest BCUT2D eigenvalue weighted by Gasteiger charge is 2.28. The fourth-order valence-corrected chi connectivity index (χ4v) is 2.69. The third-order valence-corrected chi connectivity index (χ3v) is 3.72. The minimum Gasteiger partial charge on any atom is -0.396 e. The third-order valence-electron chi connectivity index (χ3n) is 3.72. The molecule has 0 spiro atoms. The predicted octanol–water partition coefficient (Wildman–Crippen LogP) is 1.53. The molecule has 2 heterocycles. The molecule has 1 amide bonds. The standard InChI is InChI=1S/C15H24N4O2/c1-11(2)17-14-13(5-7-16-18-14)15(21)19-8-6-12(10-19)4-3-9-20/h5,7,11-12,20H,3-4,6,8-10H2,1-2H3,(H,17,18). The number of carbonyl (C=O) groups excluding carboxylic acids is 1. The number of hydrogen-bond donors (Lipinski definition) is 2. The summed E-state index contributed by atoms with van der Waals surface area (Å²) in [6, 6.07) is 1.92. The molecule has 6 heteroatoms. The maximum absolute atomic E-state index is 12.6. The first-order chi connectivity index (χ1) is 10.1. The van der Waals surface area contributed by atoms with Crippen molar-refractivity contribution in [1.29, 1.82) is 0 Å². The Hall–Kier alpha value is -1.69. The molecule has 1 aliphatic rings. The third kappa shape index (κ3) is 4.14. The average molecular weight is 292 g/mol. The van der Waals surface area contributed by atoms with Crippen LogP contribution in [0.3, 0.4) is 0 Å². The van der Waals surface area contributed by atoms with Crippen molar-refractivity contribution in [2.24, 2.45) is 5.92 Å². The van der Waals surface area contributed by atoms with Gasteiger partial charge < -0.3 is 15.3 Å². The van der Waals surface area contributed by atoms with Crippen molar-refractivity contribution in [2.45, 2.75) is 39.2 Å². The monoisotopic (exact) mass is 292 g/mol. The molecule has 0 saturated carbocycles. The number of nitrogens with zero attached hydrogens (tertiary/aromatic N) is 3. The Morgan fingerprint density at radius 2 is 2.38 bits per heavy atom. The smallest absolute Gasteiger partial charge is 0.257 e. The zero-order valence-electron chi connectivity index (χ0n) is 12.7. The summed E-state index contributed by atoms with van der Waals surface area (Å²) in [4.78, 5) is 14.5. The van der Waals surface area contributed by atoms with Crippen LogP contribution in [-0.4, -0.2) is 51.8 Å². The molecule has 1 atom stereocenters. The zero-order chi connectivity index (χ0) is 15.2. The van der Waals surface area contributed by atoms with Crippen molar-refractivity contribution in [2.75, 3.05) is 25.0 Å². The molecular weight excluding hydrogens is 268 g/mol. The van der Waals surface area contributed by atoms with Crippen LogP contribution in [0.2, 0.25) is 0 Å². The van der Waals surface area contributed by atoms with E-state index in [0.717, 1.165) is 32.4 Å². The van der Waals surface area contributed by atoms with E-state index in [1.807, 2.05) is 18.7 Å². The highest BCUT2D eigenvalue weighted by Crippen LogP contribution is 2.24. The van der Waals surface area contributed by atoms with Crippen molar-refractivity contribution in [3.63, 3.8) is 0 Å². The number of hydrogen-bond acceptors (Lipinski definition) is 5. The number of amides is 1. The van der Waals surface area contributed by atoms with E-state index in [1.54, 1.807) is 12.3 Å². The summed E-state index contributed by atoms with van der Waals surface area (Å²) in [7, 11) is 0. The number of aliphatic hydroxyl groups is 1. The van der Waals surface area contributed by atoms with Crippen LogP contribution in [0, 0.1) is 5.92 Å². The number of anilines is 1. The first kappa shape index (κ1) is 15.7. The molecular formula is C15H24N4O2. The van der Waals surface area contributed by atoms with Crippen LogP contribution in [0.25, 0.3) is 0 Å². The van der Waals surface area contributed by atoms with Gasteiger partial charge in [-0.25, -0.2) is 0 Å². The summed E-state index contributed by atoms with van der Waals surface area (Å²) in [5.74, 6) is 1.06. The fourth-order valence-electron chi connectivity index (χ4n) is 2.69. The summed E-state index contributed by atoms with van der Waals surface area (Å²) < 4.78 is 0. The molecule has 0 radical (unpaired) electrons. The molecule has 6 nitrogen and oxygen atoms in total. The quantitative estimate of drug-likeness (QED) is 0.831. The topological polar surface area (TPSA) is 78.4 Å². The molecule has 1 aliphatic heterocycles. The van der Waals surface area contributed by atoms with Crippen LogP contribution in [0.1, 0.15) is 43.5 Å². The molecule has 0 aliphatic carbocycles. The van der Waals surface area contributed by atoms with E-state index in [0.29, 0.717) is 17.3 Å². The second-order valence-corrected chi connectivity index (χ2v) is 5.86. The van der Waals surface area contributed by atoms with Crippen LogP contribution < -0.4 is 5.32 Å². The summed E-state index contributed by atoms with van der Waals surface area (Å²) in [5.41, 5.74) is 0.585. The largest absolute Gasteiger partial charge is 0.396 e. The molecule has 1 aromatic rings. The second kappa shape index (κ2) is 7.36. The summed E-state index contributed by atoms with van der Waals surface area (Å²) in [6.45, 7) is 5.77. The molecule has 21 heavy (non-hydrogen) atoms. The molecule has 1 saturated heterocycles. The van der Waals surface area contributed by atoms with Gasteiger partial charge in [-0.15, -0.1) is 5.10 Å². The maximum Gasteiger partial charge on any atom is 0.257 e. The molecule has 1 fully saturated rings. The lowest BCUT2D eigenvalue weighted by Gasteiger charge is -2.19. The van der Waals surface area contributed by atoms with Crippen LogP contribution in [0.15, 0.2) is 12.3 Å². The maximum atomic E-state index is 12.6. The SMILES string of the molecule is CC(C)Nc1nnccc1C(=O)N1CCC(CCCO)C1. The van der Waals surface area contributed by atoms with E-state index in [-0.39, 0.29) is 18.6 Å². The number of aliphatic hydroxyl groups excluding tert-OH is 1. The van der Waals surface area contributed by atoms with Crippen LogP contribution in [-0.2, 0) is 0 Å². The van der Waals surface area contributed by atoms with Gasteiger partial charge >= 0.3 is 0 Å². The summed E-state index contributed by atoms with van der Waals surface area (Å²) >= 11 is 0. The summed E-state index contributed by atoms with van der Waals surface area (Å²) in [5, 5.41) is 20.0. The van der Waals surface area contributed by atoms with Gasteiger partial charge in [-0.2, -0.15) is 5.10 Å². The van der Waals surface area contributed by atoms with Gasteiger partial charge in [0, 0.05) is 25.7 Å². The van der Waals surface area contributed by atoms with E-state index in [1.165, 1.54) is 0 Å². The van der Waals surface area contributed by atoms with Gasteiger partial charge in [0.25, 0.3) is 5.91 Å². The zero-order valence-corrected chi connectivity index (χ0v) is 12.7. The second-order valence-electron chi connectivity index (χ2n) is 5.86. The number of likely N-dealkylation sites (tertiary alicyclic amines) is 1. The van der Waals surface area contributed by atoms with E-state index in [9.17, 15) is 4.79 Å². The number of aromatic nitrogens is 2. The lowest BCUT2D eigenvalue weighted by atomic mass is 10.0. The first-order valence-electron chi connectivity index (χ1n) is 7.60. The van der Waals surface area contributed by atoms with Gasteiger partial charge in [0.1, 0.15) is 0 Å². The number of nitrogens with one attached hydrogen (secondary N) is 1. The number of rotatable bonds is 6. The Bertz CT molecular complexity index is 478. The van der Waals surface area contributed by atoms with Crippen LogP contribution in [0.5, 0.6) is 0 Å². The van der Waals surface area contributed by atoms with E-state index >= 15 is 0 Å². The van der Waals surface area contributed by atoms with Gasteiger partial charge in [0.15, 0.2) is 5.82 Å². The van der Waals surface area contributed by atoms with Crippen molar-refractivity contribution >= 4 is 11.7 Å². The Balaban J connectivity index is 2.04. The minimum atomic E-state index is 0.0135. The molecule has 1 aromatic heterocycles. The van der Waals surface area contributed by atoms with Gasteiger partial charge in [-0.05, 0) is 45.1 Å². The highest BCUT2D eigenvalue weighted by atomic mass is 16.2. The Labute approximate surface area is 125 Å². The van der Waals surface area contributed by atoms with Crippen LogP contribution in [0.4, 0.5) is 5.82 Å². The molecule has 1 unspecified atom stereocenters. The first-order valence-corrected chi connectivity index (χ1v) is 7.60. The average Bonchev–Trinajstić information content (AvgIpc) is 2.93. The lowest BCUT2D eigenvalue weighted by Crippen LogP contribution is -2.30. The van der Waals surface area contributed by atoms with E-state index in [4.69, 9.17) is 5.11 Å². The number of carbonyl (C=O) groups is 1. The Kier molecular flexibility index (Phi) is 5.50. The Morgan fingerprint density at radius 1 is 1.57 bits per heavy atom. The lowest BCUT2D eigenvalue weighted by molar-refractivity contribution is 0.0786. The van der Waals surface area contributed by atoms with E-state index in [2.05, 4.69) is 15.5 Å². The Morgan fingerprint density at radius 3 is 3.10 bits per heavy atom. The van der Waals surface area contributed by atoms with E-state index < -0.39 is 0 Å². The molecule has 2 N–H and O–H groups in total. The normalized spacial score (nSPS) is 18.3. The van der Waals surface area contributed by atoms with Gasteiger partial charge in [-0.1, -0.05) is 0 Å². The van der Waals surface area contributed by atoms with Crippen molar-refractivity contribution < 1.29 is 9.90 Å². The van der Waals surface area contributed by atoms with Crippen molar-refractivity contribution in [1.82, 2.24) is 15.1 Å². The molecule has 0 bridgehead atoms.